The number of nitrogen functional groups attached to an aromatic ring is 1. The van der Waals surface area contributed by atoms with Gasteiger partial charge in [-0.3, -0.25) is 4.79 Å². The number of rotatable bonds is 5. The molecule has 20 heavy (non-hydrogen) atoms. The molecule has 1 aromatic rings. The second-order valence-electron chi connectivity index (χ2n) is 5.10. The van der Waals surface area contributed by atoms with E-state index in [1.165, 1.54) is 13.0 Å². The molecule has 0 aromatic heterocycles. The van der Waals surface area contributed by atoms with Crippen LogP contribution in [-0.4, -0.2) is 26.4 Å². The molecule has 1 aliphatic carbocycles. The highest BCUT2D eigenvalue weighted by Gasteiger charge is 2.28. The van der Waals surface area contributed by atoms with Crippen molar-refractivity contribution >= 4 is 21.6 Å². The lowest BCUT2D eigenvalue weighted by atomic mass is 10.2. The molecular formula is C13H19N3O3S. The quantitative estimate of drug-likeness (QED) is 0.690. The summed E-state index contributed by atoms with van der Waals surface area (Å²) in [5.74, 6) is -0.308. The van der Waals surface area contributed by atoms with Crippen molar-refractivity contribution in [2.45, 2.75) is 43.7 Å². The molecular weight excluding hydrogens is 278 g/mol. The highest BCUT2D eigenvalue weighted by Crippen LogP contribution is 2.21. The molecule has 1 fully saturated rings. The smallest absolute Gasteiger partial charge is 0.241 e. The van der Waals surface area contributed by atoms with Crippen LogP contribution in [0.3, 0.4) is 0 Å². The molecule has 0 heterocycles. The number of sulfonamides is 1. The molecule has 4 N–H and O–H groups in total. The number of benzene rings is 1. The Morgan fingerprint density at radius 3 is 2.65 bits per heavy atom. The third-order valence-electron chi connectivity index (χ3n) is 3.26. The highest BCUT2D eigenvalue weighted by atomic mass is 32.2. The highest BCUT2D eigenvalue weighted by molar-refractivity contribution is 7.89. The van der Waals surface area contributed by atoms with E-state index in [0.717, 1.165) is 12.8 Å². The molecule has 1 unspecified atom stereocenters. The molecule has 1 atom stereocenters. The van der Waals surface area contributed by atoms with Crippen molar-refractivity contribution in [3.05, 3.63) is 23.8 Å². The van der Waals surface area contributed by atoms with Gasteiger partial charge in [-0.15, -0.1) is 0 Å². The SMILES string of the molecule is Cc1c(N)cccc1S(=O)(=O)NC(C)C(=O)NC1CC1. The summed E-state index contributed by atoms with van der Waals surface area (Å²) in [5, 5.41) is 2.76. The largest absolute Gasteiger partial charge is 0.398 e. The van der Waals surface area contributed by atoms with E-state index in [9.17, 15) is 13.2 Å². The Bertz CT molecular complexity index is 624. The summed E-state index contributed by atoms with van der Waals surface area (Å²) < 4.78 is 26.9. The molecule has 0 aliphatic heterocycles. The molecule has 0 saturated heterocycles. The van der Waals surface area contributed by atoms with Crippen LogP contribution in [0.5, 0.6) is 0 Å². The van der Waals surface area contributed by atoms with Gasteiger partial charge < -0.3 is 11.1 Å². The number of nitrogens with two attached hydrogens (primary N) is 1. The number of amides is 1. The first-order chi connectivity index (χ1) is 9.31. The average molecular weight is 297 g/mol. The van der Waals surface area contributed by atoms with E-state index in [2.05, 4.69) is 10.0 Å². The Kier molecular flexibility index (Phi) is 4.01. The van der Waals surface area contributed by atoms with Gasteiger partial charge in [-0.25, -0.2) is 8.42 Å². The van der Waals surface area contributed by atoms with Gasteiger partial charge in [0.25, 0.3) is 0 Å². The van der Waals surface area contributed by atoms with Gasteiger partial charge in [-0.1, -0.05) is 6.07 Å². The summed E-state index contributed by atoms with van der Waals surface area (Å²) in [6.07, 6.45) is 1.92. The lowest BCUT2D eigenvalue weighted by molar-refractivity contribution is -0.122. The second-order valence-corrected chi connectivity index (χ2v) is 6.78. The van der Waals surface area contributed by atoms with Crippen LogP contribution in [0.25, 0.3) is 0 Å². The predicted molar refractivity (Wildman–Crippen MR) is 76.5 cm³/mol. The van der Waals surface area contributed by atoms with Crippen molar-refractivity contribution in [3.8, 4) is 0 Å². The maximum absolute atomic E-state index is 12.3. The van der Waals surface area contributed by atoms with Crippen LogP contribution < -0.4 is 15.8 Å². The van der Waals surface area contributed by atoms with Crippen LogP contribution in [0.1, 0.15) is 25.3 Å². The molecule has 0 radical (unpaired) electrons. The van der Waals surface area contributed by atoms with Gasteiger partial charge in [0.2, 0.25) is 15.9 Å². The van der Waals surface area contributed by atoms with Crippen LogP contribution >= 0.6 is 0 Å². The van der Waals surface area contributed by atoms with E-state index in [1.54, 1.807) is 19.1 Å². The second kappa shape index (κ2) is 5.41. The van der Waals surface area contributed by atoms with Gasteiger partial charge in [0, 0.05) is 11.7 Å². The minimum absolute atomic E-state index is 0.101. The van der Waals surface area contributed by atoms with Crippen molar-refractivity contribution in [1.29, 1.82) is 0 Å². The van der Waals surface area contributed by atoms with Crippen molar-refractivity contribution in [2.75, 3.05) is 5.73 Å². The number of hydrogen-bond acceptors (Lipinski definition) is 4. The van der Waals surface area contributed by atoms with Gasteiger partial charge in [0.05, 0.1) is 10.9 Å². The molecule has 1 aliphatic rings. The summed E-state index contributed by atoms with van der Waals surface area (Å²) in [5.41, 5.74) is 6.60. The Balaban J connectivity index is 2.13. The Morgan fingerprint density at radius 2 is 2.05 bits per heavy atom. The molecule has 110 valence electrons. The van der Waals surface area contributed by atoms with Gasteiger partial charge in [-0.05, 0) is 44.4 Å². The number of nitrogens with one attached hydrogen (secondary N) is 2. The zero-order valence-corrected chi connectivity index (χ0v) is 12.3. The summed E-state index contributed by atoms with van der Waals surface area (Å²) in [6, 6.07) is 4.06. The molecule has 2 rings (SSSR count). The fourth-order valence-corrected chi connectivity index (χ4v) is 3.30. The summed E-state index contributed by atoms with van der Waals surface area (Å²) in [4.78, 5) is 11.9. The summed E-state index contributed by atoms with van der Waals surface area (Å²) in [7, 11) is -3.76. The lowest BCUT2D eigenvalue weighted by Gasteiger charge is -2.15. The van der Waals surface area contributed by atoms with Gasteiger partial charge >= 0.3 is 0 Å². The number of carbonyl (C=O) groups excluding carboxylic acids is 1. The Morgan fingerprint density at radius 1 is 1.40 bits per heavy atom. The standard InChI is InChI=1S/C13H19N3O3S/c1-8-11(14)4-3-5-12(8)20(18,19)16-9(2)13(17)15-10-6-7-10/h3-5,9-10,16H,6-7,14H2,1-2H3,(H,15,17). The maximum Gasteiger partial charge on any atom is 0.241 e. The Hall–Kier alpha value is -1.60. The van der Waals surface area contributed by atoms with E-state index in [1.807, 2.05) is 0 Å². The number of hydrogen-bond donors (Lipinski definition) is 3. The normalized spacial score (nSPS) is 16.7. The van der Waals surface area contributed by atoms with Crippen molar-refractivity contribution in [1.82, 2.24) is 10.0 Å². The first-order valence-corrected chi connectivity index (χ1v) is 7.97. The van der Waals surface area contributed by atoms with E-state index in [-0.39, 0.29) is 16.8 Å². The van der Waals surface area contributed by atoms with Crippen LogP contribution in [0, 0.1) is 6.92 Å². The van der Waals surface area contributed by atoms with Crippen molar-refractivity contribution in [3.63, 3.8) is 0 Å². The minimum atomic E-state index is -3.76. The summed E-state index contributed by atoms with van der Waals surface area (Å²) >= 11 is 0. The van der Waals surface area contributed by atoms with Crippen LogP contribution in [0.15, 0.2) is 23.1 Å². The maximum atomic E-state index is 12.3. The predicted octanol–water partition coefficient (Wildman–Crippen LogP) is 0.523. The molecule has 0 spiro atoms. The zero-order valence-electron chi connectivity index (χ0n) is 11.5. The first-order valence-electron chi connectivity index (χ1n) is 6.49. The number of carbonyl (C=O) groups is 1. The van der Waals surface area contributed by atoms with Crippen LogP contribution in [0.4, 0.5) is 5.69 Å². The van der Waals surface area contributed by atoms with Crippen LogP contribution in [-0.2, 0) is 14.8 Å². The van der Waals surface area contributed by atoms with Gasteiger partial charge in [-0.2, -0.15) is 4.72 Å². The van der Waals surface area contributed by atoms with Crippen LogP contribution in [0.2, 0.25) is 0 Å². The molecule has 1 aromatic carbocycles. The van der Waals surface area contributed by atoms with Gasteiger partial charge in [0.1, 0.15) is 0 Å². The van der Waals surface area contributed by atoms with E-state index in [4.69, 9.17) is 5.73 Å². The topological polar surface area (TPSA) is 101 Å². The lowest BCUT2D eigenvalue weighted by Crippen LogP contribution is -2.45. The molecule has 1 amide bonds. The fourth-order valence-electron chi connectivity index (χ4n) is 1.83. The zero-order chi connectivity index (χ0) is 14.9. The van der Waals surface area contributed by atoms with E-state index in [0.29, 0.717) is 11.3 Å². The van der Waals surface area contributed by atoms with E-state index >= 15 is 0 Å². The molecule has 1 saturated carbocycles. The van der Waals surface area contributed by atoms with Crippen molar-refractivity contribution in [2.24, 2.45) is 0 Å². The number of anilines is 1. The monoisotopic (exact) mass is 297 g/mol. The average Bonchev–Trinajstić information content (AvgIpc) is 3.15. The first kappa shape index (κ1) is 14.8. The third kappa shape index (κ3) is 3.29. The van der Waals surface area contributed by atoms with Gasteiger partial charge in [0.15, 0.2) is 0 Å². The van der Waals surface area contributed by atoms with Crippen molar-refractivity contribution < 1.29 is 13.2 Å². The molecule has 7 heteroatoms. The molecule has 6 nitrogen and oxygen atoms in total. The summed E-state index contributed by atoms with van der Waals surface area (Å²) in [6.45, 7) is 3.16. The fraction of sp³-hybridized carbons (Fsp3) is 0.462. The van der Waals surface area contributed by atoms with E-state index < -0.39 is 16.1 Å². The molecule has 0 bridgehead atoms. The minimum Gasteiger partial charge on any atom is -0.398 e. The Labute approximate surface area is 118 Å². The third-order valence-corrected chi connectivity index (χ3v) is 4.95.